The molecule has 3 aromatic rings. The minimum absolute atomic E-state index is 0.00261. The molecule has 0 aliphatic carbocycles. The summed E-state index contributed by atoms with van der Waals surface area (Å²) in [4.78, 5) is 43.3. The molecule has 10 heteroatoms. The van der Waals surface area contributed by atoms with Gasteiger partial charge in [0.05, 0.1) is 32.9 Å². The molecule has 1 heterocycles. The lowest BCUT2D eigenvalue weighted by Gasteiger charge is -2.14. The van der Waals surface area contributed by atoms with Crippen molar-refractivity contribution in [3.05, 3.63) is 69.3 Å². The minimum atomic E-state index is -1.21. The van der Waals surface area contributed by atoms with Crippen LogP contribution >= 0.6 is 0 Å². The van der Waals surface area contributed by atoms with Crippen LogP contribution in [0.25, 0.3) is 11.0 Å². The molecule has 0 aliphatic heterocycles. The number of ether oxygens (including phenoxy) is 1. The van der Waals surface area contributed by atoms with Gasteiger partial charge in [-0.25, -0.2) is 14.8 Å². The molecule has 0 bridgehead atoms. The molecule has 0 fully saturated rings. The first kappa shape index (κ1) is 20.8. The van der Waals surface area contributed by atoms with Crippen LogP contribution in [0.5, 0.6) is 0 Å². The molecule has 1 atom stereocenters. The third kappa shape index (κ3) is 4.37. The Hall–Kier alpha value is -3.95. The number of benzene rings is 2. The first-order valence-corrected chi connectivity index (χ1v) is 8.86. The van der Waals surface area contributed by atoms with Gasteiger partial charge in [0.1, 0.15) is 0 Å². The van der Waals surface area contributed by atoms with Crippen LogP contribution in [0.1, 0.15) is 28.7 Å². The molecule has 0 aliphatic rings. The number of fused-ring (bicyclic) bond motifs is 1. The Bertz CT molecular complexity index is 1180. The van der Waals surface area contributed by atoms with E-state index in [9.17, 15) is 24.1 Å². The van der Waals surface area contributed by atoms with E-state index in [1.165, 1.54) is 25.1 Å². The Labute approximate surface area is 170 Å². The Balaban J connectivity index is 1.71. The van der Waals surface area contributed by atoms with E-state index in [0.717, 1.165) is 23.5 Å². The van der Waals surface area contributed by atoms with Crippen molar-refractivity contribution in [2.24, 2.45) is 0 Å². The molecule has 1 amide bonds. The summed E-state index contributed by atoms with van der Waals surface area (Å²) in [5.41, 5.74) is 2.07. The molecular formula is C20H17FN4O5. The van der Waals surface area contributed by atoms with E-state index in [4.69, 9.17) is 4.74 Å². The van der Waals surface area contributed by atoms with Crippen LogP contribution in [0, 0.1) is 29.8 Å². The lowest BCUT2D eigenvalue weighted by atomic mass is 10.2. The molecule has 0 radical (unpaired) electrons. The Kier molecular flexibility index (Phi) is 5.67. The molecule has 154 valence electrons. The summed E-state index contributed by atoms with van der Waals surface area (Å²) >= 11 is 0. The molecule has 0 saturated heterocycles. The van der Waals surface area contributed by atoms with E-state index in [-0.39, 0.29) is 11.3 Å². The first-order valence-electron chi connectivity index (χ1n) is 8.86. The number of aryl methyl sites for hydroxylation is 2. The number of halogens is 1. The maximum absolute atomic E-state index is 13.4. The van der Waals surface area contributed by atoms with Gasteiger partial charge in [0.2, 0.25) is 5.82 Å². The van der Waals surface area contributed by atoms with Crippen molar-refractivity contribution in [3.63, 3.8) is 0 Å². The fraction of sp³-hybridized carbons (Fsp3) is 0.200. The zero-order chi connectivity index (χ0) is 22.0. The van der Waals surface area contributed by atoms with Crippen molar-refractivity contribution in [2.75, 3.05) is 5.32 Å². The zero-order valence-corrected chi connectivity index (χ0v) is 16.3. The van der Waals surface area contributed by atoms with Crippen molar-refractivity contribution >= 4 is 34.3 Å². The van der Waals surface area contributed by atoms with Crippen LogP contribution in [0.15, 0.2) is 36.4 Å². The van der Waals surface area contributed by atoms with Gasteiger partial charge in [-0.3, -0.25) is 14.9 Å². The second-order valence-corrected chi connectivity index (χ2v) is 6.56. The van der Waals surface area contributed by atoms with E-state index in [1.807, 2.05) is 6.92 Å². The Morgan fingerprint density at radius 2 is 1.77 bits per heavy atom. The quantitative estimate of drug-likeness (QED) is 0.386. The van der Waals surface area contributed by atoms with Gasteiger partial charge in [0.15, 0.2) is 6.10 Å². The molecule has 0 unspecified atom stereocenters. The second kappa shape index (κ2) is 8.19. The van der Waals surface area contributed by atoms with Gasteiger partial charge in [0.25, 0.3) is 5.91 Å². The number of nitrogens with zero attached hydrogens (tertiary/aromatic N) is 3. The number of aromatic nitrogens is 2. The average molecular weight is 412 g/mol. The second-order valence-electron chi connectivity index (χ2n) is 6.56. The normalized spacial score (nSPS) is 11.7. The summed E-state index contributed by atoms with van der Waals surface area (Å²) in [6.45, 7) is 4.98. The van der Waals surface area contributed by atoms with Crippen LogP contribution in [0.4, 0.5) is 15.8 Å². The summed E-state index contributed by atoms with van der Waals surface area (Å²) in [5, 5.41) is 13.2. The Morgan fingerprint density at radius 1 is 1.10 bits per heavy atom. The van der Waals surface area contributed by atoms with Crippen LogP contribution in [-0.2, 0) is 9.53 Å². The number of anilines is 1. The molecule has 1 N–H and O–H groups in total. The van der Waals surface area contributed by atoms with Gasteiger partial charge in [-0.05, 0) is 51.1 Å². The first-order chi connectivity index (χ1) is 14.2. The highest BCUT2D eigenvalue weighted by atomic mass is 19.1. The lowest BCUT2D eigenvalue weighted by molar-refractivity contribution is -0.387. The lowest BCUT2D eigenvalue weighted by Crippen LogP contribution is -2.30. The molecule has 30 heavy (non-hydrogen) atoms. The largest absolute Gasteiger partial charge is 0.449 e. The van der Waals surface area contributed by atoms with Crippen LogP contribution in [0.3, 0.4) is 0 Å². The summed E-state index contributed by atoms with van der Waals surface area (Å²) in [5.74, 6) is -2.50. The van der Waals surface area contributed by atoms with Crippen LogP contribution in [-0.4, -0.2) is 32.9 Å². The van der Waals surface area contributed by atoms with Gasteiger partial charge in [-0.2, -0.15) is 4.39 Å². The molecule has 1 aromatic heterocycles. The summed E-state index contributed by atoms with van der Waals surface area (Å²) in [6.07, 6.45) is -1.21. The van der Waals surface area contributed by atoms with E-state index in [2.05, 4.69) is 15.3 Å². The van der Waals surface area contributed by atoms with Crippen molar-refractivity contribution in [3.8, 4) is 0 Å². The number of carbonyl (C=O) groups is 2. The number of hydrogen-bond acceptors (Lipinski definition) is 7. The molecule has 0 spiro atoms. The number of esters is 1. The third-order valence-electron chi connectivity index (χ3n) is 4.37. The number of hydrogen-bond donors (Lipinski definition) is 1. The summed E-state index contributed by atoms with van der Waals surface area (Å²) in [6, 6.07) is 7.58. The zero-order valence-electron chi connectivity index (χ0n) is 16.3. The van der Waals surface area contributed by atoms with Crippen molar-refractivity contribution < 1.29 is 23.6 Å². The predicted octanol–water partition coefficient (Wildman–Crippen LogP) is 3.48. The predicted molar refractivity (Wildman–Crippen MR) is 106 cm³/mol. The van der Waals surface area contributed by atoms with Gasteiger partial charge in [0, 0.05) is 11.8 Å². The fourth-order valence-electron chi connectivity index (χ4n) is 2.61. The van der Waals surface area contributed by atoms with Crippen LogP contribution < -0.4 is 5.32 Å². The maximum Gasteiger partial charge on any atom is 0.338 e. The molecule has 0 saturated carbocycles. The highest BCUT2D eigenvalue weighted by Gasteiger charge is 2.21. The molecule has 2 aromatic carbocycles. The molecule has 3 rings (SSSR count). The summed E-state index contributed by atoms with van der Waals surface area (Å²) < 4.78 is 18.6. The molecular weight excluding hydrogens is 395 g/mol. The van der Waals surface area contributed by atoms with E-state index in [1.54, 1.807) is 13.0 Å². The number of nitro benzene ring substituents is 1. The number of amides is 1. The fourth-order valence-corrected chi connectivity index (χ4v) is 2.61. The van der Waals surface area contributed by atoms with E-state index in [0.29, 0.717) is 11.0 Å². The van der Waals surface area contributed by atoms with E-state index >= 15 is 0 Å². The van der Waals surface area contributed by atoms with Gasteiger partial charge in [-0.15, -0.1) is 0 Å². The highest BCUT2D eigenvalue weighted by molar-refractivity contribution is 5.98. The van der Waals surface area contributed by atoms with E-state index < -0.39 is 34.4 Å². The average Bonchev–Trinajstić information content (AvgIpc) is 2.69. The van der Waals surface area contributed by atoms with Gasteiger partial charge >= 0.3 is 11.7 Å². The standard InChI is InChI=1S/C20H17FN4O5/c1-10-11(2)23-17-8-13(4-7-16(17)22-10)20(27)30-12(3)19(26)24-14-5-6-15(21)18(9-14)25(28)29/h4-9,12H,1-3H3,(H,24,26)/t12-/m1/s1. The maximum atomic E-state index is 13.4. The van der Waals surface area contributed by atoms with Crippen molar-refractivity contribution in [1.82, 2.24) is 9.97 Å². The molecule has 9 nitrogen and oxygen atoms in total. The number of nitrogens with one attached hydrogen (secondary N) is 1. The highest BCUT2D eigenvalue weighted by Crippen LogP contribution is 2.22. The number of nitro groups is 1. The number of rotatable bonds is 5. The van der Waals surface area contributed by atoms with Gasteiger partial charge < -0.3 is 10.1 Å². The van der Waals surface area contributed by atoms with Gasteiger partial charge in [-0.1, -0.05) is 0 Å². The van der Waals surface area contributed by atoms with Crippen molar-refractivity contribution in [2.45, 2.75) is 26.9 Å². The SMILES string of the molecule is Cc1nc2ccc(C(=O)O[C@H](C)C(=O)Nc3ccc(F)c([N+](=O)[O-])c3)cc2nc1C. The smallest absolute Gasteiger partial charge is 0.338 e. The third-order valence-corrected chi connectivity index (χ3v) is 4.37. The van der Waals surface area contributed by atoms with Crippen molar-refractivity contribution in [1.29, 1.82) is 0 Å². The van der Waals surface area contributed by atoms with Crippen LogP contribution in [0.2, 0.25) is 0 Å². The topological polar surface area (TPSA) is 124 Å². The minimum Gasteiger partial charge on any atom is -0.449 e. The number of carbonyl (C=O) groups excluding carboxylic acids is 2. The Morgan fingerprint density at radius 3 is 2.43 bits per heavy atom. The monoisotopic (exact) mass is 412 g/mol. The summed E-state index contributed by atoms with van der Waals surface area (Å²) in [7, 11) is 0.